The standard InChI is InChI=1S/C22H19ClFN7O3/c23-16-3-1-2-4-17(16)31-20-15(8-28-31)22(27-12-26-20)34-18(11-30-9-14(32)10-30)21(33)29-19-6-5-13(24)7-25-19/h1-8,12,14,18,32H,9-11H2,(H,25,29,33). The second-order valence-electron chi connectivity index (χ2n) is 7.75. The molecule has 3 aromatic heterocycles. The zero-order valence-electron chi connectivity index (χ0n) is 17.7. The van der Waals surface area contributed by atoms with E-state index in [4.69, 9.17) is 16.3 Å². The van der Waals surface area contributed by atoms with Crippen molar-refractivity contribution in [2.45, 2.75) is 12.2 Å². The molecular weight excluding hydrogens is 465 g/mol. The van der Waals surface area contributed by atoms with Gasteiger partial charge in [-0.25, -0.2) is 24.0 Å². The summed E-state index contributed by atoms with van der Waals surface area (Å²) in [4.78, 5) is 27.3. The highest BCUT2D eigenvalue weighted by atomic mass is 35.5. The van der Waals surface area contributed by atoms with Gasteiger partial charge in [0.05, 0.1) is 29.2 Å². The van der Waals surface area contributed by atoms with Gasteiger partial charge in [0.2, 0.25) is 5.88 Å². The fourth-order valence-electron chi connectivity index (χ4n) is 3.61. The van der Waals surface area contributed by atoms with Gasteiger partial charge in [-0.15, -0.1) is 0 Å². The molecule has 4 heterocycles. The number of aliphatic hydroxyl groups excluding tert-OH is 1. The van der Waals surface area contributed by atoms with Gasteiger partial charge in [0.15, 0.2) is 11.8 Å². The van der Waals surface area contributed by atoms with Gasteiger partial charge in [-0.05, 0) is 24.3 Å². The van der Waals surface area contributed by atoms with E-state index in [0.717, 1.165) is 6.20 Å². The lowest BCUT2D eigenvalue weighted by atomic mass is 10.1. The van der Waals surface area contributed by atoms with Crippen LogP contribution in [-0.2, 0) is 4.79 Å². The molecule has 10 nitrogen and oxygen atoms in total. The summed E-state index contributed by atoms with van der Waals surface area (Å²) < 4.78 is 20.8. The summed E-state index contributed by atoms with van der Waals surface area (Å²) in [5, 5.41) is 17.6. The number of rotatable bonds is 7. The number of carbonyl (C=O) groups is 1. The van der Waals surface area contributed by atoms with Gasteiger partial charge in [0, 0.05) is 19.6 Å². The van der Waals surface area contributed by atoms with Crippen molar-refractivity contribution < 1.29 is 19.0 Å². The molecule has 2 N–H and O–H groups in total. The number of anilines is 1. The van der Waals surface area contributed by atoms with E-state index in [1.807, 2.05) is 17.0 Å². The van der Waals surface area contributed by atoms with Crippen molar-refractivity contribution in [3.05, 3.63) is 66.0 Å². The van der Waals surface area contributed by atoms with Crippen molar-refractivity contribution in [3.8, 4) is 11.6 Å². The van der Waals surface area contributed by atoms with Crippen LogP contribution in [0.2, 0.25) is 5.02 Å². The Kier molecular flexibility index (Phi) is 6.05. The smallest absolute Gasteiger partial charge is 0.268 e. The fourth-order valence-corrected chi connectivity index (χ4v) is 3.82. The number of β-amino-alcohol motifs (C(OH)–C–C–N with tert-alkyl or cyclic N) is 1. The number of para-hydroxylation sites is 1. The van der Waals surface area contributed by atoms with Crippen molar-refractivity contribution in [2.75, 3.05) is 25.0 Å². The van der Waals surface area contributed by atoms with Gasteiger partial charge in [-0.3, -0.25) is 9.69 Å². The van der Waals surface area contributed by atoms with Crippen LogP contribution in [0.5, 0.6) is 5.88 Å². The zero-order chi connectivity index (χ0) is 23.7. The minimum absolute atomic E-state index is 0.164. The summed E-state index contributed by atoms with van der Waals surface area (Å²) in [6.45, 7) is 1.05. The lowest BCUT2D eigenvalue weighted by molar-refractivity contribution is -0.125. The van der Waals surface area contributed by atoms with Gasteiger partial charge in [-0.2, -0.15) is 5.10 Å². The van der Waals surface area contributed by atoms with Crippen LogP contribution in [0.25, 0.3) is 16.7 Å². The number of nitrogens with one attached hydrogen (secondary N) is 1. The Morgan fingerprint density at radius 2 is 2.03 bits per heavy atom. The maximum Gasteiger partial charge on any atom is 0.268 e. The maximum atomic E-state index is 13.2. The van der Waals surface area contributed by atoms with Crippen LogP contribution in [0.3, 0.4) is 0 Å². The number of hydrogen-bond donors (Lipinski definition) is 2. The Morgan fingerprint density at radius 3 is 2.76 bits per heavy atom. The highest BCUT2D eigenvalue weighted by molar-refractivity contribution is 6.32. The van der Waals surface area contributed by atoms with Gasteiger partial charge in [0.1, 0.15) is 23.3 Å². The molecular formula is C22H19ClFN7O3. The van der Waals surface area contributed by atoms with Gasteiger partial charge in [0.25, 0.3) is 5.91 Å². The molecule has 0 radical (unpaired) electrons. The van der Waals surface area contributed by atoms with Gasteiger partial charge in [-0.1, -0.05) is 23.7 Å². The first-order valence-corrected chi connectivity index (χ1v) is 10.8. The first-order valence-electron chi connectivity index (χ1n) is 10.4. The third-order valence-electron chi connectivity index (χ3n) is 5.30. The van der Waals surface area contributed by atoms with E-state index in [9.17, 15) is 14.3 Å². The van der Waals surface area contributed by atoms with Crippen molar-refractivity contribution in [1.29, 1.82) is 0 Å². The number of aliphatic hydroxyl groups is 1. The molecule has 1 unspecified atom stereocenters. The molecule has 5 rings (SSSR count). The third-order valence-corrected chi connectivity index (χ3v) is 5.62. The van der Waals surface area contributed by atoms with E-state index in [1.54, 1.807) is 16.8 Å². The number of ether oxygens (including phenoxy) is 1. The normalized spacial score (nSPS) is 15.1. The molecule has 1 amide bonds. The van der Waals surface area contributed by atoms with Crippen LogP contribution in [0.4, 0.5) is 10.2 Å². The number of aromatic nitrogens is 5. The minimum Gasteiger partial charge on any atom is -0.462 e. The van der Waals surface area contributed by atoms with Crippen LogP contribution in [-0.4, -0.2) is 72.5 Å². The van der Waals surface area contributed by atoms with Crippen molar-refractivity contribution in [3.63, 3.8) is 0 Å². The van der Waals surface area contributed by atoms with E-state index in [-0.39, 0.29) is 18.2 Å². The second-order valence-corrected chi connectivity index (χ2v) is 8.16. The van der Waals surface area contributed by atoms with Crippen LogP contribution >= 0.6 is 11.6 Å². The molecule has 34 heavy (non-hydrogen) atoms. The highest BCUT2D eigenvalue weighted by Crippen LogP contribution is 2.27. The van der Waals surface area contributed by atoms with Crippen LogP contribution in [0.1, 0.15) is 0 Å². The molecule has 4 aromatic rings. The summed E-state index contributed by atoms with van der Waals surface area (Å²) in [6.07, 6.45) is 2.42. The number of hydrogen-bond acceptors (Lipinski definition) is 8. The maximum absolute atomic E-state index is 13.2. The molecule has 1 atom stereocenters. The SMILES string of the molecule is O=C(Nc1ccc(F)cn1)C(CN1CC(O)C1)Oc1ncnc2c1cnn2-c1ccccc1Cl. The monoisotopic (exact) mass is 483 g/mol. The number of carbonyl (C=O) groups excluding carboxylic acids is 1. The molecule has 0 spiro atoms. The minimum atomic E-state index is -0.999. The zero-order valence-corrected chi connectivity index (χ0v) is 18.4. The Hall–Kier alpha value is -3.67. The predicted molar refractivity (Wildman–Crippen MR) is 121 cm³/mol. The molecule has 0 aliphatic carbocycles. The fraction of sp³-hybridized carbons (Fsp3) is 0.227. The molecule has 174 valence electrons. The molecule has 1 aliphatic heterocycles. The van der Waals surface area contributed by atoms with E-state index in [1.165, 1.54) is 24.7 Å². The summed E-state index contributed by atoms with van der Waals surface area (Å²) in [7, 11) is 0. The Balaban J connectivity index is 1.43. The number of halogens is 2. The average Bonchev–Trinajstić information content (AvgIpc) is 3.24. The topological polar surface area (TPSA) is 118 Å². The van der Waals surface area contributed by atoms with E-state index >= 15 is 0 Å². The summed E-state index contributed by atoms with van der Waals surface area (Å²) >= 11 is 6.32. The molecule has 1 saturated heterocycles. The molecule has 0 bridgehead atoms. The molecule has 1 aromatic carbocycles. The Labute approximate surface area is 198 Å². The number of amides is 1. The molecule has 0 saturated carbocycles. The average molecular weight is 484 g/mol. The second kappa shape index (κ2) is 9.29. The van der Waals surface area contributed by atoms with E-state index in [0.29, 0.717) is 34.8 Å². The van der Waals surface area contributed by atoms with Gasteiger partial charge < -0.3 is 15.2 Å². The summed E-state index contributed by atoms with van der Waals surface area (Å²) in [5.41, 5.74) is 1.09. The quantitative estimate of drug-likeness (QED) is 0.410. The number of pyridine rings is 1. The van der Waals surface area contributed by atoms with Crippen LogP contribution in [0.15, 0.2) is 55.1 Å². The molecule has 12 heteroatoms. The third kappa shape index (κ3) is 4.53. The van der Waals surface area contributed by atoms with Crippen molar-refractivity contribution in [1.82, 2.24) is 29.6 Å². The lowest BCUT2D eigenvalue weighted by Gasteiger charge is -2.37. The van der Waals surface area contributed by atoms with Crippen molar-refractivity contribution >= 4 is 34.4 Å². The molecule has 1 aliphatic rings. The van der Waals surface area contributed by atoms with E-state index < -0.39 is 23.9 Å². The Bertz CT molecular complexity index is 1330. The largest absolute Gasteiger partial charge is 0.462 e. The van der Waals surface area contributed by atoms with Crippen molar-refractivity contribution in [2.24, 2.45) is 0 Å². The number of benzene rings is 1. The number of nitrogens with zero attached hydrogens (tertiary/aromatic N) is 6. The predicted octanol–water partition coefficient (Wildman–Crippen LogP) is 2.07. The highest BCUT2D eigenvalue weighted by Gasteiger charge is 2.32. The van der Waals surface area contributed by atoms with Crippen LogP contribution in [0, 0.1) is 5.82 Å². The number of likely N-dealkylation sites (tertiary alicyclic amines) is 1. The first kappa shape index (κ1) is 22.1. The summed E-state index contributed by atoms with van der Waals surface area (Å²) in [6, 6.07) is 9.74. The molecule has 1 fully saturated rings. The van der Waals surface area contributed by atoms with Gasteiger partial charge >= 0.3 is 0 Å². The lowest BCUT2D eigenvalue weighted by Crippen LogP contribution is -2.55. The van der Waals surface area contributed by atoms with E-state index in [2.05, 4.69) is 25.4 Å². The summed E-state index contributed by atoms with van der Waals surface area (Å²) in [5.74, 6) is -0.662. The number of fused-ring (bicyclic) bond motifs is 1. The Morgan fingerprint density at radius 1 is 1.21 bits per heavy atom. The van der Waals surface area contributed by atoms with Crippen LogP contribution < -0.4 is 10.1 Å². The first-order chi connectivity index (χ1) is 16.5.